The van der Waals surface area contributed by atoms with E-state index in [2.05, 4.69) is 25.6 Å². The van der Waals surface area contributed by atoms with Gasteiger partial charge in [-0.1, -0.05) is 5.21 Å². The molecule has 6 nitrogen and oxygen atoms in total. The maximum absolute atomic E-state index is 13.7. The molecule has 0 aliphatic heterocycles. The average molecular weight is 236 g/mol. The Bertz CT molecular complexity index is 509. The molecule has 0 amide bonds. The predicted octanol–water partition coefficient (Wildman–Crippen LogP) is 1.33. The number of anilines is 1. The molecule has 0 aliphatic rings. The van der Waals surface area contributed by atoms with Crippen LogP contribution in [0.4, 0.5) is 10.3 Å². The molecule has 7 heteroatoms. The van der Waals surface area contributed by atoms with E-state index in [0.29, 0.717) is 24.7 Å². The number of rotatable bonds is 4. The highest BCUT2D eigenvalue weighted by molar-refractivity contribution is 5.55. The van der Waals surface area contributed by atoms with E-state index in [4.69, 9.17) is 0 Å². The maximum Gasteiger partial charge on any atom is 0.223 e. The van der Waals surface area contributed by atoms with Gasteiger partial charge in [-0.3, -0.25) is 0 Å². The Morgan fingerprint density at radius 1 is 1.35 bits per heavy atom. The zero-order chi connectivity index (χ0) is 12.3. The Morgan fingerprint density at radius 3 is 2.88 bits per heavy atom. The van der Waals surface area contributed by atoms with Gasteiger partial charge < -0.3 is 5.32 Å². The van der Waals surface area contributed by atoms with Gasteiger partial charge in [0.25, 0.3) is 0 Å². The molecule has 1 N–H and O–H groups in total. The van der Waals surface area contributed by atoms with Gasteiger partial charge in [-0.25, -0.2) is 19.0 Å². The summed E-state index contributed by atoms with van der Waals surface area (Å²) < 4.78 is 15.3. The fourth-order valence-corrected chi connectivity index (χ4v) is 1.46. The van der Waals surface area contributed by atoms with Gasteiger partial charge in [-0.15, -0.1) is 5.10 Å². The minimum atomic E-state index is -0.483. The lowest BCUT2D eigenvalue weighted by atomic mass is 10.3. The van der Waals surface area contributed by atoms with Crippen LogP contribution >= 0.6 is 0 Å². The monoisotopic (exact) mass is 236 g/mol. The number of hydrogen-bond donors (Lipinski definition) is 1. The Balaban J connectivity index is 2.46. The number of hydrogen-bond acceptors (Lipinski definition) is 5. The summed E-state index contributed by atoms with van der Waals surface area (Å²) in [5, 5.41) is 10.5. The molecule has 2 aromatic heterocycles. The smallest absolute Gasteiger partial charge is 0.223 e. The molecule has 2 heterocycles. The van der Waals surface area contributed by atoms with E-state index in [1.165, 1.54) is 6.20 Å². The second kappa shape index (κ2) is 4.86. The first-order valence-electron chi connectivity index (χ1n) is 5.41. The second-order valence-corrected chi connectivity index (χ2v) is 3.36. The van der Waals surface area contributed by atoms with Crippen LogP contribution in [0.25, 0.3) is 11.4 Å². The lowest BCUT2D eigenvalue weighted by molar-refractivity contribution is 0.603. The molecule has 0 aromatic carbocycles. The van der Waals surface area contributed by atoms with Crippen LogP contribution in [0, 0.1) is 5.82 Å². The molecule has 90 valence electrons. The Morgan fingerprint density at radius 2 is 2.18 bits per heavy atom. The van der Waals surface area contributed by atoms with Gasteiger partial charge in [0.05, 0.1) is 12.4 Å². The van der Waals surface area contributed by atoms with Crippen LogP contribution < -0.4 is 5.32 Å². The number of aromatic nitrogens is 5. The first-order chi connectivity index (χ1) is 8.26. The van der Waals surface area contributed by atoms with Gasteiger partial charge in [0, 0.05) is 13.1 Å². The molecule has 0 atom stereocenters. The van der Waals surface area contributed by atoms with E-state index in [1.54, 1.807) is 4.68 Å². The minimum absolute atomic E-state index is 0.211. The summed E-state index contributed by atoms with van der Waals surface area (Å²) in [6.07, 6.45) is 2.64. The highest BCUT2D eigenvalue weighted by Crippen LogP contribution is 2.19. The van der Waals surface area contributed by atoms with Crippen LogP contribution in [-0.2, 0) is 6.54 Å². The van der Waals surface area contributed by atoms with Crippen LogP contribution in [0.5, 0.6) is 0 Å². The topological polar surface area (TPSA) is 68.5 Å². The maximum atomic E-state index is 13.7. The molecule has 0 fully saturated rings. The van der Waals surface area contributed by atoms with Crippen LogP contribution in [0.15, 0.2) is 12.4 Å². The Labute approximate surface area is 97.9 Å². The van der Waals surface area contributed by atoms with Gasteiger partial charge >= 0.3 is 0 Å². The number of nitrogens with one attached hydrogen (secondary N) is 1. The van der Waals surface area contributed by atoms with Gasteiger partial charge in [0.15, 0.2) is 5.82 Å². The molecule has 0 bridgehead atoms. The third-order valence-electron chi connectivity index (χ3n) is 2.24. The summed E-state index contributed by atoms with van der Waals surface area (Å²) in [6, 6.07) is 0. The third kappa shape index (κ3) is 2.22. The predicted molar refractivity (Wildman–Crippen MR) is 60.8 cm³/mol. The highest BCUT2D eigenvalue weighted by atomic mass is 19.1. The van der Waals surface area contributed by atoms with E-state index >= 15 is 0 Å². The number of nitrogens with zero attached hydrogens (tertiary/aromatic N) is 5. The van der Waals surface area contributed by atoms with Crippen LogP contribution in [0.3, 0.4) is 0 Å². The summed E-state index contributed by atoms with van der Waals surface area (Å²) in [5.74, 6) is -0.0867. The van der Waals surface area contributed by atoms with Gasteiger partial charge in [0.1, 0.15) is 11.4 Å². The largest absolute Gasteiger partial charge is 0.354 e. The molecule has 0 saturated carbocycles. The molecule has 2 aromatic rings. The zero-order valence-corrected chi connectivity index (χ0v) is 9.68. The summed E-state index contributed by atoms with van der Waals surface area (Å²) in [6.45, 7) is 5.11. The average Bonchev–Trinajstić information content (AvgIpc) is 2.80. The second-order valence-electron chi connectivity index (χ2n) is 3.36. The van der Waals surface area contributed by atoms with Crippen molar-refractivity contribution in [2.45, 2.75) is 20.4 Å². The fraction of sp³-hybridized carbons (Fsp3) is 0.400. The van der Waals surface area contributed by atoms with Crippen molar-refractivity contribution in [3.63, 3.8) is 0 Å². The Kier molecular flexibility index (Phi) is 3.27. The quantitative estimate of drug-likeness (QED) is 0.867. The van der Waals surface area contributed by atoms with Crippen LogP contribution in [0.2, 0.25) is 0 Å². The SMILES string of the molecule is CCNc1ncc(F)c(-c2cnnn2CC)n1. The summed E-state index contributed by atoms with van der Waals surface area (Å²) in [5.41, 5.74) is 0.759. The third-order valence-corrected chi connectivity index (χ3v) is 2.24. The molecular weight excluding hydrogens is 223 g/mol. The molecule has 17 heavy (non-hydrogen) atoms. The van der Waals surface area contributed by atoms with Gasteiger partial charge in [-0.2, -0.15) is 0 Å². The first-order valence-corrected chi connectivity index (χ1v) is 5.41. The first kappa shape index (κ1) is 11.4. The fourth-order valence-electron chi connectivity index (χ4n) is 1.46. The van der Waals surface area contributed by atoms with Crippen LogP contribution in [0.1, 0.15) is 13.8 Å². The van der Waals surface area contributed by atoms with Crippen molar-refractivity contribution in [3.05, 3.63) is 18.2 Å². The molecule has 0 saturated heterocycles. The number of aryl methyl sites for hydroxylation is 1. The molecule has 0 aliphatic carbocycles. The molecule has 0 unspecified atom stereocenters. The van der Waals surface area contributed by atoms with Crippen molar-refractivity contribution in [1.82, 2.24) is 25.0 Å². The van der Waals surface area contributed by atoms with E-state index in [1.807, 2.05) is 13.8 Å². The Hall–Kier alpha value is -2.05. The highest BCUT2D eigenvalue weighted by Gasteiger charge is 2.13. The zero-order valence-electron chi connectivity index (χ0n) is 9.68. The number of halogens is 1. The molecule has 0 spiro atoms. The van der Waals surface area contributed by atoms with Gasteiger partial charge in [0.2, 0.25) is 5.95 Å². The summed E-state index contributed by atoms with van der Waals surface area (Å²) in [4.78, 5) is 7.96. The van der Waals surface area contributed by atoms with Crippen molar-refractivity contribution in [2.75, 3.05) is 11.9 Å². The summed E-state index contributed by atoms with van der Waals surface area (Å²) in [7, 11) is 0. The van der Waals surface area contributed by atoms with Crippen LogP contribution in [-0.4, -0.2) is 31.5 Å². The van der Waals surface area contributed by atoms with E-state index < -0.39 is 5.82 Å². The van der Waals surface area contributed by atoms with Crippen molar-refractivity contribution in [2.24, 2.45) is 0 Å². The van der Waals surface area contributed by atoms with Crippen molar-refractivity contribution >= 4 is 5.95 Å². The van der Waals surface area contributed by atoms with Gasteiger partial charge in [-0.05, 0) is 13.8 Å². The molecule has 0 radical (unpaired) electrons. The van der Waals surface area contributed by atoms with Crippen molar-refractivity contribution < 1.29 is 4.39 Å². The lowest BCUT2D eigenvalue weighted by Gasteiger charge is -2.06. The normalized spacial score (nSPS) is 10.5. The van der Waals surface area contributed by atoms with E-state index in [-0.39, 0.29) is 5.69 Å². The van der Waals surface area contributed by atoms with Crippen molar-refractivity contribution in [1.29, 1.82) is 0 Å². The minimum Gasteiger partial charge on any atom is -0.354 e. The standard InChI is InChI=1S/C10H13FN6/c1-3-12-10-13-5-7(11)9(15-10)8-6-14-16-17(8)4-2/h5-6H,3-4H2,1-2H3,(H,12,13,15). The molecular formula is C10H13FN6. The summed E-state index contributed by atoms with van der Waals surface area (Å²) >= 11 is 0. The van der Waals surface area contributed by atoms with E-state index in [0.717, 1.165) is 6.20 Å². The lowest BCUT2D eigenvalue weighted by Crippen LogP contribution is -2.06. The van der Waals surface area contributed by atoms with Crippen molar-refractivity contribution in [3.8, 4) is 11.4 Å². The molecule has 2 rings (SSSR count). The van der Waals surface area contributed by atoms with E-state index in [9.17, 15) is 4.39 Å².